The molecule has 0 aromatic heterocycles. The van der Waals surface area contributed by atoms with Crippen LogP contribution in [0.15, 0.2) is 43.0 Å². The highest BCUT2D eigenvalue weighted by Crippen LogP contribution is 2.08. The van der Waals surface area contributed by atoms with E-state index in [4.69, 9.17) is 4.74 Å². The molecule has 5 heteroatoms. The molecule has 1 atom stereocenters. The number of benzene rings is 1. The Morgan fingerprint density at radius 2 is 1.91 bits per heavy atom. The lowest BCUT2D eigenvalue weighted by Gasteiger charge is -2.23. The monoisotopic (exact) mass is 318 g/mol. The van der Waals surface area contributed by atoms with Gasteiger partial charge in [0.2, 0.25) is 5.91 Å². The summed E-state index contributed by atoms with van der Waals surface area (Å²) in [6.07, 6.45) is 2.21. The standard InChI is InChI=1S/C18H26N2O3/c1-5-6-12-19-16(21)15(13-14-10-8-7-9-11-14)20-17(22)23-18(2,3)4/h5,7-11,15H,1,6,12-13H2,2-4H3,(H,19,21)(H,20,22)/t15-/m0/s1. The molecule has 0 heterocycles. The first kappa shape index (κ1) is 18.7. The van der Waals surface area contributed by atoms with Crippen LogP contribution in [0, 0.1) is 0 Å². The van der Waals surface area contributed by atoms with Crippen molar-refractivity contribution in [2.24, 2.45) is 0 Å². The Balaban J connectivity index is 2.73. The molecule has 0 fully saturated rings. The molecule has 0 saturated heterocycles. The number of hydrogen-bond acceptors (Lipinski definition) is 3. The molecule has 23 heavy (non-hydrogen) atoms. The van der Waals surface area contributed by atoms with E-state index in [0.29, 0.717) is 19.4 Å². The number of carbonyl (C=O) groups excluding carboxylic acids is 2. The van der Waals surface area contributed by atoms with Crippen LogP contribution in [-0.2, 0) is 16.0 Å². The van der Waals surface area contributed by atoms with E-state index >= 15 is 0 Å². The molecule has 0 radical (unpaired) electrons. The van der Waals surface area contributed by atoms with Crippen LogP contribution < -0.4 is 10.6 Å². The molecule has 1 rings (SSSR count). The number of carbonyl (C=O) groups is 2. The predicted octanol–water partition coefficient (Wildman–Crippen LogP) is 2.81. The Bertz CT molecular complexity index is 521. The summed E-state index contributed by atoms with van der Waals surface area (Å²) in [6.45, 7) is 9.45. The fourth-order valence-electron chi connectivity index (χ4n) is 1.93. The second-order valence-corrected chi connectivity index (χ2v) is 6.26. The van der Waals surface area contributed by atoms with Gasteiger partial charge >= 0.3 is 6.09 Å². The maximum absolute atomic E-state index is 12.3. The van der Waals surface area contributed by atoms with Crippen LogP contribution in [0.1, 0.15) is 32.8 Å². The van der Waals surface area contributed by atoms with Gasteiger partial charge in [0.15, 0.2) is 0 Å². The van der Waals surface area contributed by atoms with Gasteiger partial charge in [0, 0.05) is 13.0 Å². The topological polar surface area (TPSA) is 67.4 Å². The zero-order valence-electron chi connectivity index (χ0n) is 14.1. The van der Waals surface area contributed by atoms with E-state index in [9.17, 15) is 9.59 Å². The highest BCUT2D eigenvalue weighted by atomic mass is 16.6. The van der Waals surface area contributed by atoms with E-state index in [1.807, 2.05) is 30.3 Å². The second kappa shape index (κ2) is 8.98. The molecule has 2 N–H and O–H groups in total. The lowest BCUT2D eigenvalue weighted by molar-refractivity contribution is -0.123. The van der Waals surface area contributed by atoms with E-state index in [1.54, 1.807) is 26.8 Å². The number of amides is 2. The molecule has 0 aliphatic heterocycles. The van der Waals surface area contributed by atoms with Gasteiger partial charge in [-0.3, -0.25) is 4.79 Å². The van der Waals surface area contributed by atoms with Crippen LogP contribution in [-0.4, -0.2) is 30.2 Å². The first-order valence-electron chi connectivity index (χ1n) is 7.74. The van der Waals surface area contributed by atoms with Gasteiger partial charge in [0.25, 0.3) is 0 Å². The van der Waals surface area contributed by atoms with Crippen molar-refractivity contribution in [3.8, 4) is 0 Å². The van der Waals surface area contributed by atoms with Gasteiger partial charge in [0.05, 0.1) is 0 Å². The number of ether oxygens (including phenoxy) is 1. The maximum atomic E-state index is 12.3. The van der Waals surface area contributed by atoms with E-state index in [0.717, 1.165) is 5.56 Å². The molecule has 1 aromatic rings. The van der Waals surface area contributed by atoms with Crippen LogP contribution in [0.25, 0.3) is 0 Å². The van der Waals surface area contributed by atoms with Crippen molar-refractivity contribution in [2.45, 2.75) is 45.3 Å². The van der Waals surface area contributed by atoms with Crippen LogP contribution in [0.5, 0.6) is 0 Å². The lowest BCUT2D eigenvalue weighted by atomic mass is 10.1. The Morgan fingerprint density at radius 3 is 2.48 bits per heavy atom. The van der Waals surface area contributed by atoms with Crippen molar-refractivity contribution in [1.29, 1.82) is 0 Å². The quantitative estimate of drug-likeness (QED) is 0.600. The summed E-state index contributed by atoms with van der Waals surface area (Å²) in [5, 5.41) is 5.44. The van der Waals surface area contributed by atoms with Crippen molar-refractivity contribution in [1.82, 2.24) is 10.6 Å². The van der Waals surface area contributed by atoms with Gasteiger partial charge in [-0.15, -0.1) is 6.58 Å². The van der Waals surface area contributed by atoms with Gasteiger partial charge in [-0.1, -0.05) is 36.4 Å². The number of alkyl carbamates (subject to hydrolysis) is 1. The molecule has 1 aromatic carbocycles. The third kappa shape index (κ3) is 8.04. The molecular formula is C18H26N2O3. The van der Waals surface area contributed by atoms with Gasteiger partial charge < -0.3 is 15.4 Å². The van der Waals surface area contributed by atoms with Gasteiger partial charge in [-0.05, 0) is 32.8 Å². The Labute approximate surface area is 138 Å². The molecular weight excluding hydrogens is 292 g/mol. The summed E-state index contributed by atoms with van der Waals surface area (Å²) >= 11 is 0. The van der Waals surface area contributed by atoms with Crippen molar-refractivity contribution >= 4 is 12.0 Å². The van der Waals surface area contributed by atoms with Crippen LogP contribution in [0.3, 0.4) is 0 Å². The minimum Gasteiger partial charge on any atom is -0.444 e. The molecule has 0 saturated carbocycles. The molecule has 2 amide bonds. The summed E-state index contributed by atoms with van der Waals surface area (Å²) in [7, 11) is 0. The van der Waals surface area contributed by atoms with Crippen molar-refractivity contribution in [3.05, 3.63) is 48.6 Å². The summed E-state index contributed by atoms with van der Waals surface area (Å²) in [6, 6.07) is 8.85. The van der Waals surface area contributed by atoms with Gasteiger partial charge in [-0.2, -0.15) is 0 Å². The lowest BCUT2D eigenvalue weighted by Crippen LogP contribution is -2.49. The Morgan fingerprint density at radius 1 is 1.26 bits per heavy atom. The SMILES string of the molecule is C=CCCNC(=O)[C@H](Cc1ccccc1)NC(=O)OC(C)(C)C. The predicted molar refractivity (Wildman–Crippen MR) is 91.1 cm³/mol. The summed E-state index contributed by atoms with van der Waals surface area (Å²) < 4.78 is 5.24. The highest BCUT2D eigenvalue weighted by Gasteiger charge is 2.24. The summed E-state index contributed by atoms with van der Waals surface area (Å²) in [4.78, 5) is 24.3. The summed E-state index contributed by atoms with van der Waals surface area (Å²) in [5.74, 6) is -0.235. The largest absolute Gasteiger partial charge is 0.444 e. The van der Waals surface area contributed by atoms with Gasteiger partial charge in [-0.25, -0.2) is 4.79 Å². The molecule has 0 aliphatic rings. The van der Waals surface area contributed by atoms with E-state index in [1.165, 1.54) is 0 Å². The zero-order valence-corrected chi connectivity index (χ0v) is 14.1. The first-order valence-corrected chi connectivity index (χ1v) is 7.74. The molecule has 0 bridgehead atoms. The van der Waals surface area contributed by atoms with Crippen LogP contribution >= 0.6 is 0 Å². The third-order valence-electron chi connectivity index (χ3n) is 2.94. The molecule has 0 unspecified atom stereocenters. The third-order valence-corrected chi connectivity index (χ3v) is 2.94. The second-order valence-electron chi connectivity index (χ2n) is 6.26. The zero-order chi connectivity index (χ0) is 17.3. The minimum absolute atomic E-state index is 0.235. The van der Waals surface area contributed by atoms with Crippen LogP contribution in [0.2, 0.25) is 0 Å². The van der Waals surface area contributed by atoms with Crippen LogP contribution in [0.4, 0.5) is 4.79 Å². The highest BCUT2D eigenvalue weighted by molar-refractivity contribution is 5.86. The average Bonchev–Trinajstić information content (AvgIpc) is 2.46. The number of hydrogen-bond donors (Lipinski definition) is 2. The average molecular weight is 318 g/mol. The summed E-state index contributed by atoms with van der Waals surface area (Å²) in [5.41, 5.74) is 0.355. The normalized spacial score (nSPS) is 12.1. The first-order chi connectivity index (χ1) is 10.8. The molecule has 126 valence electrons. The van der Waals surface area contributed by atoms with Gasteiger partial charge in [0.1, 0.15) is 11.6 Å². The maximum Gasteiger partial charge on any atom is 0.408 e. The molecule has 0 spiro atoms. The fraction of sp³-hybridized carbons (Fsp3) is 0.444. The van der Waals surface area contributed by atoms with Crippen molar-refractivity contribution < 1.29 is 14.3 Å². The van der Waals surface area contributed by atoms with Crippen molar-refractivity contribution in [2.75, 3.05) is 6.54 Å². The number of rotatable bonds is 7. The smallest absolute Gasteiger partial charge is 0.408 e. The van der Waals surface area contributed by atoms with E-state index in [-0.39, 0.29) is 5.91 Å². The number of nitrogens with one attached hydrogen (secondary N) is 2. The Hall–Kier alpha value is -2.30. The van der Waals surface area contributed by atoms with Crippen molar-refractivity contribution in [3.63, 3.8) is 0 Å². The molecule has 5 nitrogen and oxygen atoms in total. The van der Waals surface area contributed by atoms with E-state index in [2.05, 4.69) is 17.2 Å². The Kier molecular flexibility index (Phi) is 7.32. The van der Waals surface area contributed by atoms with E-state index < -0.39 is 17.7 Å². The minimum atomic E-state index is -0.683. The fourth-order valence-corrected chi connectivity index (χ4v) is 1.93. The molecule has 0 aliphatic carbocycles.